The number of nitro benzene ring substituents is 1. The zero-order valence-electron chi connectivity index (χ0n) is 14.2. The first kappa shape index (κ1) is 17.9. The summed E-state index contributed by atoms with van der Waals surface area (Å²) in [4.78, 5) is 22.4. The predicted molar refractivity (Wildman–Crippen MR) is 95.1 cm³/mol. The highest BCUT2D eigenvalue weighted by Gasteiger charge is 2.18. The Bertz CT molecular complexity index is 998. The summed E-state index contributed by atoms with van der Waals surface area (Å²) >= 11 is 0. The molecule has 2 aromatic carbocycles. The number of nitro groups is 1. The smallest absolute Gasteiger partial charge is 0.340 e. The lowest BCUT2D eigenvalue weighted by Gasteiger charge is -2.05. The minimum absolute atomic E-state index is 0.0814. The molecule has 1 aromatic heterocycles. The Morgan fingerprint density at radius 1 is 1.26 bits per heavy atom. The number of hydrogen-bond acceptors (Lipinski definition) is 8. The van der Waals surface area contributed by atoms with Crippen molar-refractivity contribution in [2.75, 3.05) is 12.8 Å². The minimum atomic E-state index is -0.800. The van der Waals surface area contributed by atoms with E-state index in [1.54, 1.807) is 19.2 Å². The van der Waals surface area contributed by atoms with Crippen LogP contribution < -0.4 is 10.5 Å². The largest absolute Gasteiger partial charge is 0.496 e. The number of rotatable bonds is 6. The van der Waals surface area contributed by atoms with Gasteiger partial charge < -0.3 is 19.7 Å². The second-order valence-corrected chi connectivity index (χ2v) is 5.48. The number of nitrogen functional groups attached to an aromatic ring is 1. The molecule has 0 atom stereocenters. The molecule has 0 spiro atoms. The van der Waals surface area contributed by atoms with Crippen LogP contribution in [-0.2, 0) is 11.3 Å². The molecule has 0 unspecified atom stereocenters. The number of esters is 1. The third-order valence-electron chi connectivity index (χ3n) is 3.76. The highest BCUT2D eigenvalue weighted by Crippen LogP contribution is 2.29. The SMILES string of the molecule is COc1ccccc1-c1cc(COC(=O)c2cc([N+](=O)[O-])ccc2N)on1. The molecule has 0 aliphatic carbocycles. The third kappa shape index (κ3) is 3.87. The van der Waals surface area contributed by atoms with E-state index < -0.39 is 10.9 Å². The van der Waals surface area contributed by atoms with Crippen molar-refractivity contribution in [3.63, 3.8) is 0 Å². The van der Waals surface area contributed by atoms with Gasteiger partial charge in [-0.25, -0.2) is 4.79 Å². The molecule has 27 heavy (non-hydrogen) atoms. The lowest BCUT2D eigenvalue weighted by Crippen LogP contribution is -2.08. The van der Waals surface area contributed by atoms with Crippen LogP contribution in [0, 0.1) is 10.1 Å². The summed E-state index contributed by atoms with van der Waals surface area (Å²) in [7, 11) is 1.55. The van der Waals surface area contributed by atoms with Crippen molar-refractivity contribution < 1.29 is 23.7 Å². The second-order valence-electron chi connectivity index (χ2n) is 5.48. The van der Waals surface area contributed by atoms with E-state index in [0.29, 0.717) is 17.2 Å². The van der Waals surface area contributed by atoms with E-state index in [4.69, 9.17) is 19.7 Å². The molecule has 9 nitrogen and oxygen atoms in total. The summed E-state index contributed by atoms with van der Waals surface area (Å²) in [6.45, 7) is -0.205. The maximum absolute atomic E-state index is 12.2. The number of methoxy groups -OCH3 is 1. The van der Waals surface area contributed by atoms with Crippen LogP contribution in [0.25, 0.3) is 11.3 Å². The Morgan fingerprint density at radius 3 is 2.78 bits per heavy atom. The van der Waals surface area contributed by atoms with Gasteiger partial charge in [-0.05, 0) is 18.2 Å². The van der Waals surface area contributed by atoms with Crippen LogP contribution in [0.3, 0.4) is 0 Å². The molecule has 0 bridgehead atoms. The number of aromatic nitrogens is 1. The van der Waals surface area contributed by atoms with Gasteiger partial charge in [0, 0.05) is 29.4 Å². The van der Waals surface area contributed by atoms with Gasteiger partial charge in [-0.3, -0.25) is 10.1 Å². The van der Waals surface area contributed by atoms with E-state index in [2.05, 4.69) is 5.16 Å². The first-order valence-corrected chi connectivity index (χ1v) is 7.79. The highest BCUT2D eigenvalue weighted by molar-refractivity contribution is 5.95. The summed E-state index contributed by atoms with van der Waals surface area (Å²) < 4.78 is 15.6. The summed E-state index contributed by atoms with van der Waals surface area (Å²) in [6, 6.07) is 12.4. The van der Waals surface area contributed by atoms with Crippen molar-refractivity contribution in [1.29, 1.82) is 0 Å². The van der Waals surface area contributed by atoms with Crippen LogP contribution in [0.1, 0.15) is 16.1 Å². The van der Waals surface area contributed by atoms with Gasteiger partial charge in [0.1, 0.15) is 11.4 Å². The lowest BCUT2D eigenvalue weighted by atomic mass is 10.1. The number of hydrogen-bond donors (Lipinski definition) is 1. The van der Waals surface area contributed by atoms with Gasteiger partial charge in [0.25, 0.3) is 5.69 Å². The number of carbonyl (C=O) groups is 1. The zero-order valence-corrected chi connectivity index (χ0v) is 14.2. The molecule has 1 heterocycles. The summed E-state index contributed by atoms with van der Waals surface area (Å²) in [6.07, 6.45) is 0. The first-order valence-electron chi connectivity index (χ1n) is 7.79. The average Bonchev–Trinajstić information content (AvgIpc) is 3.15. The Balaban J connectivity index is 1.73. The topological polar surface area (TPSA) is 131 Å². The van der Waals surface area contributed by atoms with Crippen molar-refractivity contribution in [1.82, 2.24) is 5.16 Å². The fourth-order valence-corrected chi connectivity index (χ4v) is 2.41. The third-order valence-corrected chi connectivity index (χ3v) is 3.76. The molecule has 0 aliphatic rings. The van der Waals surface area contributed by atoms with Crippen LogP contribution in [0.5, 0.6) is 5.75 Å². The molecule has 9 heteroatoms. The van der Waals surface area contributed by atoms with Crippen molar-refractivity contribution in [3.8, 4) is 17.0 Å². The number of benzene rings is 2. The molecule has 0 aliphatic heterocycles. The van der Waals surface area contributed by atoms with Crippen LogP contribution in [0.4, 0.5) is 11.4 Å². The van der Waals surface area contributed by atoms with Crippen molar-refractivity contribution in [2.45, 2.75) is 6.61 Å². The van der Waals surface area contributed by atoms with E-state index in [9.17, 15) is 14.9 Å². The Kier molecular flexibility index (Phi) is 5.02. The number of carbonyl (C=O) groups excluding carboxylic acids is 1. The van der Waals surface area contributed by atoms with Gasteiger partial charge in [0.15, 0.2) is 12.4 Å². The molecular formula is C18H15N3O6. The number of ether oxygens (including phenoxy) is 2. The molecule has 0 amide bonds. The minimum Gasteiger partial charge on any atom is -0.496 e. The highest BCUT2D eigenvalue weighted by atomic mass is 16.6. The van der Waals surface area contributed by atoms with E-state index in [-0.39, 0.29) is 23.5 Å². The van der Waals surface area contributed by atoms with Crippen LogP contribution in [0.15, 0.2) is 53.1 Å². The quantitative estimate of drug-likeness (QED) is 0.303. The zero-order chi connectivity index (χ0) is 19.4. The summed E-state index contributed by atoms with van der Waals surface area (Å²) in [5, 5.41) is 14.8. The number of anilines is 1. The first-order chi connectivity index (χ1) is 13.0. The van der Waals surface area contributed by atoms with Gasteiger partial charge in [0.05, 0.1) is 17.6 Å². The Labute approximate surface area is 153 Å². The number of non-ortho nitro benzene ring substituents is 1. The van der Waals surface area contributed by atoms with Crippen LogP contribution in [-0.4, -0.2) is 23.2 Å². The predicted octanol–water partition coefficient (Wildman–Crippen LogP) is 3.20. The van der Waals surface area contributed by atoms with E-state index in [0.717, 1.165) is 11.6 Å². The molecule has 3 aromatic rings. The van der Waals surface area contributed by atoms with Crippen LogP contribution in [0.2, 0.25) is 0 Å². The number of para-hydroxylation sites is 1. The standard InChI is InChI=1S/C18H15N3O6/c1-25-17-5-3-2-4-13(17)16-9-12(27-20-16)10-26-18(22)14-8-11(21(23)24)6-7-15(14)19/h2-9H,10,19H2,1H3. The van der Waals surface area contributed by atoms with Gasteiger partial charge >= 0.3 is 5.97 Å². The van der Waals surface area contributed by atoms with Gasteiger partial charge in [0.2, 0.25) is 0 Å². The number of nitrogens with two attached hydrogens (primary N) is 1. The van der Waals surface area contributed by atoms with Crippen molar-refractivity contribution in [2.24, 2.45) is 0 Å². The lowest BCUT2D eigenvalue weighted by molar-refractivity contribution is -0.384. The van der Waals surface area contributed by atoms with Crippen molar-refractivity contribution >= 4 is 17.3 Å². The molecule has 0 saturated heterocycles. The number of nitrogens with zero attached hydrogens (tertiary/aromatic N) is 2. The average molecular weight is 369 g/mol. The van der Waals surface area contributed by atoms with Gasteiger partial charge in [-0.15, -0.1) is 0 Å². The molecule has 2 N–H and O–H groups in total. The van der Waals surface area contributed by atoms with E-state index >= 15 is 0 Å². The molecular weight excluding hydrogens is 354 g/mol. The fraction of sp³-hybridized carbons (Fsp3) is 0.111. The maximum atomic E-state index is 12.2. The van der Waals surface area contributed by atoms with Gasteiger partial charge in [-0.2, -0.15) is 0 Å². The van der Waals surface area contributed by atoms with Gasteiger partial charge in [-0.1, -0.05) is 17.3 Å². The monoisotopic (exact) mass is 369 g/mol. The Morgan fingerprint density at radius 2 is 2.04 bits per heavy atom. The van der Waals surface area contributed by atoms with E-state index in [1.807, 2.05) is 18.2 Å². The van der Waals surface area contributed by atoms with Crippen LogP contribution >= 0.6 is 0 Å². The Hall–Kier alpha value is -3.88. The summed E-state index contributed by atoms with van der Waals surface area (Å²) in [5.74, 6) is 0.124. The molecule has 0 fully saturated rings. The summed E-state index contributed by atoms with van der Waals surface area (Å²) in [5.41, 5.74) is 6.68. The maximum Gasteiger partial charge on any atom is 0.340 e. The van der Waals surface area contributed by atoms with Crippen molar-refractivity contribution in [3.05, 3.63) is 70.0 Å². The fourth-order valence-electron chi connectivity index (χ4n) is 2.41. The van der Waals surface area contributed by atoms with E-state index in [1.165, 1.54) is 12.1 Å². The normalized spacial score (nSPS) is 10.4. The molecule has 138 valence electrons. The molecule has 0 radical (unpaired) electrons. The molecule has 3 rings (SSSR count). The molecule has 0 saturated carbocycles. The second kappa shape index (κ2) is 7.56.